The van der Waals surface area contributed by atoms with Crippen LogP contribution in [0.1, 0.15) is 18.5 Å². The molecule has 128 valence electrons. The van der Waals surface area contributed by atoms with Crippen LogP contribution in [0.4, 0.5) is 8.78 Å². The fourth-order valence-corrected chi connectivity index (χ4v) is 2.77. The molecule has 1 aliphatic rings. The second-order valence-corrected chi connectivity index (χ2v) is 6.04. The van der Waals surface area contributed by atoms with Gasteiger partial charge < -0.3 is 4.74 Å². The Hall–Kier alpha value is -2.72. The zero-order valence-electron chi connectivity index (χ0n) is 13.1. The predicted molar refractivity (Wildman–Crippen MR) is 88.3 cm³/mol. The highest BCUT2D eigenvalue weighted by atomic mass is 35.5. The first-order chi connectivity index (χ1) is 11.9. The summed E-state index contributed by atoms with van der Waals surface area (Å²) in [5, 5.41) is 17.3. The van der Waals surface area contributed by atoms with Gasteiger partial charge in [0, 0.05) is 11.9 Å². The lowest BCUT2D eigenvalue weighted by Crippen LogP contribution is -2.23. The summed E-state index contributed by atoms with van der Waals surface area (Å²) in [4.78, 5) is 0. The second kappa shape index (κ2) is 6.65. The molecule has 2 aromatic carbocycles. The van der Waals surface area contributed by atoms with E-state index in [9.17, 15) is 8.78 Å². The first-order valence-electron chi connectivity index (χ1n) is 7.38. The fraction of sp³-hybridized carbons (Fsp3) is 0.235. The minimum atomic E-state index is -3.24. The summed E-state index contributed by atoms with van der Waals surface area (Å²) in [6.45, 7) is 0.681. The van der Waals surface area contributed by atoms with Gasteiger partial charge in [-0.2, -0.15) is 19.2 Å². The van der Waals surface area contributed by atoms with Crippen molar-refractivity contribution in [3.05, 3.63) is 53.1 Å². The molecule has 0 aliphatic carbocycles. The molecule has 1 aliphatic heterocycles. The Morgan fingerprint density at radius 2 is 1.92 bits per heavy atom. The average Bonchev–Trinajstić information content (AvgIpc) is 3.02. The largest absolute Gasteiger partial charge is 0.433 e. The molecule has 0 bridgehead atoms. The Kier molecular flexibility index (Phi) is 4.55. The van der Waals surface area contributed by atoms with Gasteiger partial charge in [0.05, 0.1) is 6.07 Å². The molecule has 8 heteroatoms. The number of nitriles is 1. The molecule has 2 aromatic rings. The van der Waals surface area contributed by atoms with Gasteiger partial charge in [-0.25, -0.2) is 0 Å². The van der Waals surface area contributed by atoms with Gasteiger partial charge >= 0.3 is 6.11 Å². The van der Waals surface area contributed by atoms with Crippen LogP contribution in [0.3, 0.4) is 0 Å². The molecule has 25 heavy (non-hydrogen) atoms. The Morgan fingerprint density at radius 3 is 2.56 bits per heavy atom. The van der Waals surface area contributed by atoms with E-state index in [0.717, 1.165) is 16.7 Å². The van der Waals surface area contributed by atoms with Gasteiger partial charge in [-0.3, -0.25) is 5.43 Å². The number of rotatable bonds is 4. The number of hydrogen-bond donors (Lipinski definition) is 1. The highest BCUT2D eigenvalue weighted by Crippen LogP contribution is 2.33. The number of benzene rings is 2. The van der Waals surface area contributed by atoms with E-state index in [2.05, 4.69) is 26.6 Å². The van der Waals surface area contributed by atoms with Crippen molar-refractivity contribution in [1.82, 2.24) is 5.43 Å². The summed E-state index contributed by atoms with van der Waals surface area (Å²) in [7, 11) is 0. The summed E-state index contributed by atoms with van der Waals surface area (Å²) >= 11 is 6.19. The summed E-state index contributed by atoms with van der Waals surface area (Å²) < 4.78 is 30.3. The fourth-order valence-electron chi connectivity index (χ4n) is 2.53. The van der Waals surface area contributed by atoms with Crippen molar-refractivity contribution >= 4 is 11.6 Å². The van der Waals surface area contributed by atoms with E-state index in [4.69, 9.17) is 16.9 Å². The van der Waals surface area contributed by atoms with Crippen molar-refractivity contribution in [2.24, 2.45) is 10.3 Å². The first kappa shape index (κ1) is 17.1. The van der Waals surface area contributed by atoms with Crippen molar-refractivity contribution in [2.45, 2.75) is 25.1 Å². The third-order valence-electron chi connectivity index (χ3n) is 3.58. The molecule has 0 radical (unpaired) electrons. The number of ether oxygens (including phenoxy) is 1. The van der Waals surface area contributed by atoms with Crippen LogP contribution in [-0.4, -0.2) is 12.2 Å². The van der Waals surface area contributed by atoms with E-state index < -0.39 is 18.2 Å². The zero-order valence-corrected chi connectivity index (χ0v) is 13.8. The van der Waals surface area contributed by atoms with E-state index in [-0.39, 0.29) is 5.75 Å². The summed E-state index contributed by atoms with van der Waals surface area (Å²) in [6.07, 6.45) is -3.24. The SMILES string of the molecule is CC(F)(F)Oc1ccc(-c2cc(Cl)cc(C3N=NNC3C#N)c2)cc1. The molecule has 5 nitrogen and oxygen atoms in total. The molecule has 1 N–H and O–H groups in total. The Morgan fingerprint density at radius 1 is 1.20 bits per heavy atom. The topological polar surface area (TPSA) is 69.8 Å². The Labute approximate surface area is 147 Å². The molecule has 0 aromatic heterocycles. The molecule has 0 saturated heterocycles. The Bertz CT molecular complexity index is 843. The standard InChI is InChI=1S/C17H13ClF2N4O/c1-17(19,20)25-14-4-2-10(3-5-14)11-6-12(8-13(18)7-11)16-15(9-21)22-24-23-16/h2-8,15-16H,1H3,(H,22,23). The average molecular weight is 363 g/mol. The Balaban J connectivity index is 1.90. The second-order valence-electron chi connectivity index (χ2n) is 5.60. The highest BCUT2D eigenvalue weighted by Gasteiger charge is 2.28. The lowest BCUT2D eigenvalue weighted by Gasteiger charge is -2.14. The molecule has 0 fully saturated rings. The van der Waals surface area contributed by atoms with Gasteiger partial charge in [0.1, 0.15) is 11.8 Å². The van der Waals surface area contributed by atoms with Gasteiger partial charge in [-0.05, 0) is 47.0 Å². The van der Waals surface area contributed by atoms with Crippen LogP contribution in [0.25, 0.3) is 11.1 Å². The van der Waals surface area contributed by atoms with E-state index in [1.165, 1.54) is 12.1 Å². The van der Waals surface area contributed by atoms with Crippen LogP contribution in [0.2, 0.25) is 5.02 Å². The smallest absolute Gasteiger partial charge is 0.394 e. The number of alkyl halides is 2. The van der Waals surface area contributed by atoms with Gasteiger partial charge in [0.2, 0.25) is 0 Å². The van der Waals surface area contributed by atoms with Gasteiger partial charge in [0.25, 0.3) is 0 Å². The maximum Gasteiger partial charge on any atom is 0.394 e. The van der Waals surface area contributed by atoms with Crippen molar-refractivity contribution < 1.29 is 13.5 Å². The van der Waals surface area contributed by atoms with Crippen molar-refractivity contribution in [1.29, 1.82) is 5.26 Å². The molecule has 2 atom stereocenters. The number of nitrogens with one attached hydrogen (secondary N) is 1. The lowest BCUT2D eigenvalue weighted by molar-refractivity contribution is -0.158. The monoisotopic (exact) mass is 362 g/mol. The maximum atomic E-state index is 12.9. The third-order valence-corrected chi connectivity index (χ3v) is 3.80. The third kappa shape index (κ3) is 4.03. The summed E-state index contributed by atoms with van der Waals surface area (Å²) in [6, 6.07) is 12.6. The van der Waals surface area contributed by atoms with E-state index in [1.807, 2.05) is 6.07 Å². The summed E-state index contributed by atoms with van der Waals surface area (Å²) in [5.41, 5.74) is 4.91. The molecule has 2 unspecified atom stereocenters. The zero-order chi connectivity index (χ0) is 18.0. The molecule has 0 amide bonds. The predicted octanol–water partition coefficient (Wildman–Crippen LogP) is 4.90. The minimum absolute atomic E-state index is 0.0665. The summed E-state index contributed by atoms with van der Waals surface area (Å²) in [5.74, 6) is 0.0665. The van der Waals surface area contributed by atoms with Gasteiger partial charge in [-0.15, -0.1) is 0 Å². The molecule has 3 rings (SSSR count). The minimum Gasteiger partial charge on any atom is -0.433 e. The van der Waals surface area contributed by atoms with Crippen LogP contribution in [0.5, 0.6) is 5.75 Å². The first-order valence-corrected chi connectivity index (χ1v) is 7.76. The van der Waals surface area contributed by atoms with Crippen LogP contribution in [-0.2, 0) is 0 Å². The molecule has 0 saturated carbocycles. The highest BCUT2D eigenvalue weighted by molar-refractivity contribution is 6.31. The van der Waals surface area contributed by atoms with Crippen molar-refractivity contribution in [2.75, 3.05) is 0 Å². The number of hydrogen-bond acceptors (Lipinski definition) is 5. The van der Waals surface area contributed by atoms with E-state index >= 15 is 0 Å². The molecular weight excluding hydrogens is 350 g/mol. The molecule has 0 spiro atoms. The van der Waals surface area contributed by atoms with E-state index in [0.29, 0.717) is 11.9 Å². The quantitative estimate of drug-likeness (QED) is 0.840. The molecular formula is C17H13ClF2N4O. The normalized spacial score (nSPS) is 19.3. The van der Waals surface area contributed by atoms with Crippen LogP contribution in [0.15, 0.2) is 52.8 Å². The van der Waals surface area contributed by atoms with Gasteiger partial charge in [0.15, 0.2) is 6.04 Å². The van der Waals surface area contributed by atoms with Crippen molar-refractivity contribution in [3.63, 3.8) is 0 Å². The molecule has 1 heterocycles. The van der Waals surface area contributed by atoms with Gasteiger partial charge in [-0.1, -0.05) is 29.0 Å². The maximum absolute atomic E-state index is 12.9. The lowest BCUT2D eigenvalue weighted by atomic mass is 9.96. The number of nitrogens with zero attached hydrogens (tertiary/aromatic N) is 3. The van der Waals surface area contributed by atoms with E-state index in [1.54, 1.807) is 24.3 Å². The van der Waals surface area contributed by atoms with Crippen molar-refractivity contribution in [3.8, 4) is 22.9 Å². The van der Waals surface area contributed by atoms with Crippen LogP contribution < -0.4 is 10.2 Å². The van der Waals surface area contributed by atoms with Crippen LogP contribution >= 0.6 is 11.6 Å². The van der Waals surface area contributed by atoms with Crippen LogP contribution in [0, 0.1) is 11.3 Å². The number of halogens is 3.